The van der Waals surface area contributed by atoms with Crippen LogP contribution in [-0.4, -0.2) is 45.7 Å². The summed E-state index contributed by atoms with van der Waals surface area (Å²) < 4.78 is 5.16. The molecule has 0 unspecified atom stereocenters. The lowest BCUT2D eigenvalue weighted by Gasteiger charge is -2.37. The second-order valence-corrected chi connectivity index (χ2v) is 6.40. The number of amides is 1. The summed E-state index contributed by atoms with van der Waals surface area (Å²) in [6.45, 7) is 2.23. The van der Waals surface area contributed by atoms with Gasteiger partial charge in [-0.25, -0.2) is 4.98 Å². The Morgan fingerprint density at radius 3 is 2.68 bits per heavy atom. The Morgan fingerprint density at radius 1 is 1.32 bits per heavy atom. The fraction of sp³-hybridized carbons (Fsp3) is 0.368. The molecule has 6 nitrogen and oxygen atoms in total. The molecule has 3 rings (SSSR count). The Kier molecular flexibility index (Phi) is 4.63. The second-order valence-electron chi connectivity index (χ2n) is 6.40. The van der Waals surface area contributed by atoms with Crippen LogP contribution in [0.2, 0.25) is 0 Å². The molecular weight excluding hydrogens is 320 g/mol. The minimum Gasteiger partial charge on any atom is -0.505 e. The maximum Gasteiger partial charge on any atom is 0.276 e. The summed E-state index contributed by atoms with van der Waals surface area (Å²) in [5.74, 6) is 0.189. The number of ether oxygens (including phenoxy) is 1. The molecule has 1 aliphatic heterocycles. The number of aromatic hydroxyl groups is 1. The third kappa shape index (κ3) is 3.17. The van der Waals surface area contributed by atoms with Crippen molar-refractivity contribution < 1.29 is 19.7 Å². The summed E-state index contributed by atoms with van der Waals surface area (Å²) in [7, 11) is 1.59. The summed E-state index contributed by atoms with van der Waals surface area (Å²) in [6, 6.07) is 9.80. The monoisotopic (exact) mass is 342 g/mol. The van der Waals surface area contributed by atoms with Crippen molar-refractivity contribution in [2.45, 2.75) is 31.4 Å². The molecule has 0 radical (unpaired) electrons. The molecule has 25 heavy (non-hydrogen) atoms. The summed E-state index contributed by atoms with van der Waals surface area (Å²) in [5, 5.41) is 21.1. The van der Waals surface area contributed by atoms with Crippen molar-refractivity contribution in [3.05, 3.63) is 53.9 Å². The zero-order valence-corrected chi connectivity index (χ0v) is 14.3. The molecule has 1 aromatic carbocycles. The van der Waals surface area contributed by atoms with Gasteiger partial charge in [0.1, 0.15) is 17.1 Å². The number of rotatable bonds is 4. The molecule has 1 aliphatic rings. The fourth-order valence-electron chi connectivity index (χ4n) is 3.41. The van der Waals surface area contributed by atoms with E-state index in [4.69, 9.17) is 4.74 Å². The van der Waals surface area contributed by atoms with Gasteiger partial charge in [0, 0.05) is 12.7 Å². The van der Waals surface area contributed by atoms with Crippen molar-refractivity contribution in [1.82, 2.24) is 9.88 Å². The Morgan fingerprint density at radius 2 is 2.04 bits per heavy atom. The second kappa shape index (κ2) is 6.72. The summed E-state index contributed by atoms with van der Waals surface area (Å²) in [5.41, 5.74) is -0.494. The molecule has 0 bridgehead atoms. The van der Waals surface area contributed by atoms with Crippen LogP contribution >= 0.6 is 0 Å². The number of hydrogen-bond donors (Lipinski definition) is 2. The minimum atomic E-state index is -1.22. The van der Waals surface area contributed by atoms with E-state index in [1.165, 1.54) is 12.3 Å². The Hall–Kier alpha value is -2.60. The average molecular weight is 342 g/mol. The zero-order valence-electron chi connectivity index (χ0n) is 14.3. The van der Waals surface area contributed by atoms with Crippen molar-refractivity contribution in [2.24, 2.45) is 0 Å². The predicted octanol–water partition coefficient (Wildman–Crippen LogP) is 2.31. The van der Waals surface area contributed by atoms with Crippen molar-refractivity contribution in [3.63, 3.8) is 0 Å². The maximum absolute atomic E-state index is 12.8. The first-order chi connectivity index (χ1) is 11.9. The largest absolute Gasteiger partial charge is 0.505 e. The Bertz CT molecular complexity index is 758. The van der Waals surface area contributed by atoms with E-state index < -0.39 is 11.6 Å². The molecule has 2 aromatic rings. The molecule has 2 atom stereocenters. The highest BCUT2D eigenvalue weighted by Crippen LogP contribution is 2.36. The predicted molar refractivity (Wildman–Crippen MR) is 92.5 cm³/mol. The number of benzene rings is 1. The molecule has 1 aromatic heterocycles. The topological polar surface area (TPSA) is 82.9 Å². The van der Waals surface area contributed by atoms with Crippen LogP contribution in [-0.2, 0) is 5.60 Å². The Balaban J connectivity index is 1.89. The Labute approximate surface area is 146 Å². The van der Waals surface area contributed by atoms with Crippen molar-refractivity contribution >= 4 is 5.91 Å². The van der Waals surface area contributed by atoms with Crippen LogP contribution < -0.4 is 4.74 Å². The first-order valence-electron chi connectivity index (χ1n) is 8.27. The van der Waals surface area contributed by atoms with Crippen molar-refractivity contribution in [1.29, 1.82) is 0 Å². The summed E-state index contributed by atoms with van der Waals surface area (Å²) in [6.07, 6.45) is 2.94. The highest BCUT2D eigenvalue weighted by Gasteiger charge is 2.43. The highest BCUT2D eigenvalue weighted by molar-refractivity contribution is 5.95. The number of carbonyl (C=O) groups is 1. The summed E-state index contributed by atoms with van der Waals surface area (Å²) in [4.78, 5) is 18.4. The quantitative estimate of drug-likeness (QED) is 0.891. The lowest BCUT2D eigenvalue weighted by Crippen LogP contribution is -2.48. The zero-order chi connectivity index (χ0) is 18.0. The molecule has 1 saturated heterocycles. The number of likely N-dealkylation sites (tertiary alicyclic amines) is 1. The van der Waals surface area contributed by atoms with Gasteiger partial charge in [-0.05, 0) is 49.6 Å². The SMILES string of the molecule is COc1ccc([C@](C)(O)[C@@H]2CCCN2C(=O)c2ncccc2O)cc1. The fourth-order valence-corrected chi connectivity index (χ4v) is 3.41. The van der Waals surface area contributed by atoms with E-state index in [0.29, 0.717) is 24.3 Å². The van der Waals surface area contributed by atoms with Gasteiger partial charge in [-0.1, -0.05) is 12.1 Å². The van der Waals surface area contributed by atoms with Crippen LogP contribution in [0.25, 0.3) is 0 Å². The van der Waals surface area contributed by atoms with Crippen LogP contribution in [0.5, 0.6) is 11.5 Å². The van der Waals surface area contributed by atoms with Gasteiger partial charge in [0.15, 0.2) is 5.69 Å². The smallest absolute Gasteiger partial charge is 0.276 e. The van der Waals surface area contributed by atoms with Gasteiger partial charge in [-0.2, -0.15) is 0 Å². The average Bonchev–Trinajstić information content (AvgIpc) is 3.12. The van der Waals surface area contributed by atoms with Gasteiger partial charge >= 0.3 is 0 Å². The van der Waals surface area contributed by atoms with E-state index in [9.17, 15) is 15.0 Å². The van der Waals surface area contributed by atoms with E-state index in [-0.39, 0.29) is 17.4 Å². The molecule has 2 N–H and O–H groups in total. The number of nitrogens with zero attached hydrogens (tertiary/aromatic N) is 2. The van der Waals surface area contributed by atoms with Crippen molar-refractivity contribution in [3.8, 4) is 11.5 Å². The molecule has 1 fully saturated rings. The van der Waals surface area contributed by atoms with E-state index in [2.05, 4.69) is 4.98 Å². The van der Waals surface area contributed by atoms with E-state index in [1.54, 1.807) is 49.3 Å². The van der Waals surface area contributed by atoms with Gasteiger partial charge in [-0.15, -0.1) is 0 Å². The maximum atomic E-state index is 12.8. The first-order valence-corrected chi connectivity index (χ1v) is 8.27. The van der Waals surface area contributed by atoms with Crippen LogP contribution in [0.15, 0.2) is 42.6 Å². The van der Waals surface area contributed by atoms with Gasteiger partial charge < -0.3 is 19.8 Å². The third-order valence-corrected chi connectivity index (χ3v) is 4.83. The standard InChI is InChI=1S/C19H22N2O4/c1-19(24,13-7-9-14(25-2)10-8-13)16-6-4-12-21(16)18(23)17-15(22)5-3-11-20-17/h3,5,7-11,16,22,24H,4,6,12H2,1-2H3/t16-,19-/m0/s1. The van der Waals surface area contributed by atoms with Crippen LogP contribution in [0, 0.1) is 0 Å². The molecule has 132 valence electrons. The molecule has 0 saturated carbocycles. The molecule has 2 heterocycles. The van der Waals surface area contributed by atoms with Crippen LogP contribution in [0.4, 0.5) is 0 Å². The number of hydrogen-bond acceptors (Lipinski definition) is 5. The lowest BCUT2D eigenvalue weighted by molar-refractivity contribution is -0.0180. The molecule has 1 amide bonds. The number of methoxy groups -OCH3 is 1. The van der Waals surface area contributed by atoms with Crippen LogP contribution in [0.3, 0.4) is 0 Å². The molecule has 0 aliphatic carbocycles. The highest BCUT2D eigenvalue weighted by atomic mass is 16.5. The van der Waals surface area contributed by atoms with Gasteiger partial charge in [0.25, 0.3) is 5.91 Å². The molecule has 6 heteroatoms. The number of carbonyl (C=O) groups excluding carboxylic acids is 1. The van der Waals surface area contributed by atoms with Gasteiger partial charge in [0.05, 0.1) is 13.2 Å². The lowest BCUT2D eigenvalue weighted by atomic mass is 9.86. The number of aliphatic hydroxyl groups is 1. The molecular formula is C19H22N2O4. The van der Waals surface area contributed by atoms with Gasteiger partial charge in [0.2, 0.25) is 0 Å². The first kappa shape index (κ1) is 17.2. The van der Waals surface area contributed by atoms with E-state index in [1.807, 2.05) is 0 Å². The normalized spacial score (nSPS) is 19.5. The minimum absolute atomic E-state index is 0.0138. The van der Waals surface area contributed by atoms with Crippen molar-refractivity contribution in [2.75, 3.05) is 13.7 Å². The van der Waals surface area contributed by atoms with Crippen LogP contribution in [0.1, 0.15) is 35.8 Å². The van der Waals surface area contributed by atoms with E-state index >= 15 is 0 Å². The number of aromatic nitrogens is 1. The van der Waals surface area contributed by atoms with Gasteiger partial charge in [-0.3, -0.25) is 4.79 Å². The number of pyridine rings is 1. The molecule has 0 spiro atoms. The third-order valence-electron chi connectivity index (χ3n) is 4.83. The summed E-state index contributed by atoms with van der Waals surface area (Å²) >= 11 is 0. The van der Waals surface area contributed by atoms with E-state index in [0.717, 1.165) is 6.42 Å².